The van der Waals surface area contributed by atoms with Crippen molar-refractivity contribution >= 4 is 7.60 Å². The van der Waals surface area contributed by atoms with Gasteiger partial charge in [0.2, 0.25) is 0 Å². The van der Waals surface area contributed by atoms with Crippen LogP contribution in [0.15, 0.2) is 54.6 Å². The van der Waals surface area contributed by atoms with E-state index >= 15 is 0 Å². The summed E-state index contributed by atoms with van der Waals surface area (Å²) in [5.74, 6) is 1.16. The standard InChI is InChI=1S/C15H17O3P/c1-3-19(16,17-14-10-5-4-6-11-14)18-15-12-8-7-9-13(15)2/h4-12H,3H2,1-2H3. The van der Waals surface area contributed by atoms with Crippen LogP contribution in [0.4, 0.5) is 0 Å². The Hall–Kier alpha value is -1.73. The molecule has 1 atom stereocenters. The Labute approximate surface area is 113 Å². The van der Waals surface area contributed by atoms with Crippen molar-refractivity contribution in [2.75, 3.05) is 6.16 Å². The lowest BCUT2D eigenvalue weighted by Gasteiger charge is -2.19. The van der Waals surface area contributed by atoms with E-state index in [-0.39, 0.29) is 0 Å². The van der Waals surface area contributed by atoms with E-state index in [0.29, 0.717) is 17.7 Å². The maximum absolute atomic E-state index is 12.6. The second kappa shape index (κ2) is 5.94. The molecular formula is C15H17O3P. The van der Waals surface area contributed by atoms with E-state index in [1.54, 1.807) is 25.1 Å². The van der Waals surface area contributed by atoms with Crippen LogP contribution in [-0.4, -0.2) is 6.16 Å². The van der Waals surface area contributed by atoms with Gasteiger partial charge in [0.15, 0.2) is 0 Å². The van der Waals surface area contributed by atoms with Gasteiger partial charge in [-0.2, -0.15) is 0 Å². The fourth-order valence-corrected chi connectivity index (χ4v) is 2.84. The fourth-order valence-electron chi connectivity index (χ4n) is 1.60. The van der Waals surface area contributed by atoms with Crippen LogP contribution in [-0.2, 0) is 4.57 Å². The van der Waals surface area contributed by atoms with Gasteiger partial charge in [0.25, 0.3) is 0 Å². The molecule has 3 nitrogen and oxygen atoms in total. The van der Waals surface area contributed by atoms with Crippen molar-refractivity contribution in [3.05, 3.63) is 60.2 Å². The van der Waals surface area contributed by atoms with E-state index in [1.165, 1.54) is 0 Å². The summed E-state index contributed by atoms with van der Waals surface area (Å²) in [6.07, 6.45) is 0.316. The van der Waals surface area contributed by atoms with E-state index in [9.17, 15) is 4.57 Å². The zero-order valence-electron chi connectivity index (χ0n) is 11.1. The van der Waals surface area contributed by atoms with Crippen molar-refractivity contribution in [3.63, 3.8) is 0 Å². The van der Waals surface area contributed by atoms with Crippen LogP contribution in [0, 0.1) is 6.92 Å². The first-order valence-electron chi connectivity index (χ1n) is 6.22. The Bertz CT molecular complexity index is 581. The molecule has 19 heavy (non-hydrogen) atoms. The summed E-state index contributed by atoms with van der Waals surface area (Å²) >= 11 is 0. The summed E-state index contributed by atoms with van der Waals surface area (Å²) in [4.78, 5) is 0. The highest BCUT2D eigenvalue weighted by Crippen LogP contribution is 2.48. The van der Waals surface area contributed by atoms with Gasteiger partial charge in [0, 0.05) is 0 Å². The molecular weight excluding hydrogens is 259 g/mol. The van der Waals surface area contributed by atoms with Crippen LogP contribution in [0.1, 0.15) is 12.5 Å². The molecule has 0 heterocycles. The summed E-state index contributed by atoms with van der Waals surface area (Å²) in [5, 5.41) is 0. The smallest absolute Gasteiger partial charge is 0.416 e. The molecule has 0 aliphatic rings. The van der Waals surface area contributed by atoms with Crippen molar-refractivity contribution in [2.45, 2.75) is 13.8 Å². The minimum atomic E-state index is -3.17. The fraction of sp³-hybridized carbons (Fsp3) is 0.200. The molecule has 0 radical (unpaired) electrons. The van der Waals surface area contributed by atoms with Crippen LogP contribution < -0.4 is 9.05 Å². The lowest BCUT2D eigenvalue weighted by atomic mass is 10.2. The van der Waals surface area contributed by atoms with Crippen LogP contribution in [0.3, 0.4) is 0 Å². The summed E-state index contributed by atoms with van der Waals surface area (Å²) in [5.41, 5.74) is 0.938. The molecule has 0 saturated carbocycles. The summed E-state index contributed by atoms with van der Waals surface area (Å²) in [6, 6.07) is 16.6. The highest BCUT2D eigenvalue weighted by molar-refractivity contribution is 7.54. The molecule has 0 fully saturated rings. The lowest BCUT2D eigenvalue weighted by Crippen LogP contribution is -2.04. The molecule has 0 spiro atoms. The van der Waals surface area contributed by atoms with Gasteiger partial charge in [-0.3, -0.25) is 0 Å². The zero-order chi connectivity index (χ0) is 13.7. The first kappa shape index (κ1) is 13.7. The van der Waals surface area contributed by atoms with Crippen molar-refractivity contribution < 1.29 is 13.6 Å². The molecule has 2 aromatic rings. The molecule has 2 rings (SSSR count). The predicted octanol–water partition coefficient (Wildman–Crippen LogP) is 4.67. The summed E-state index contributed by atoms with van der Waals surface area (Å²) in [7, 11) is -3.17. The average Bonchev–Trinajstić information content (AvgIpc) is 2.42. The quantitative estimate of drug-likeness (QED) is 0.745. The SMILES string of the molecule is CCP(=O)(Oc1ccccc1)Oc1ccccc1C. The minimum absolute atomic E-state index is 0.316. The monoisotopic (exact) mass is 276 g/mol. The summed E-state index contributed by atoms with van der Waals surface area (Å²) < 4.78 is 23.8. The number of para-hydroxylation sites is 2. The zero-order valence-corrected chi connectivity index (χ0v) is 12.0. The maximum atomic E-state index is 12.6. The van der Waals surface area contributed by atoms with E-state index < -0.39 is 7.60 Å². The Morgan fingerprint density at radius 1 is 0.947 bits per heavy atom. The van der Waals surface area contributed by atoms with Gasteiger partial charge in [-0.05, 0) is 30.7 Å². The largest absolute Gasteiger partial charge is 0.430 e. The first-order valence-corrected chi connectivity index (χ1v) is 7.95. The van der Waals surface area contributed by atoms with Crippen molar-refractivity contribution in [1.29, 1.82) is 0 Å². The Kier molecular flexibility index (Phi) is 4.28. The third-order valence-corrected chi connectivity index (χ3v) is 4.44. The lowest BCUT2D eigenvalue weighted by molar-refractivity contribution is 0.386. The second-order valence-electron chi connectivity index (χ2n) is 4.19. The Morgan fingerprint density at radius 3 is 2.21 bits per heavy atom. The van der Waals surface area contributed by atoms with E-state index in [0.717, 1.165) is 5.56 Å². The van der Waals surface area contributed by atoms with Gasteiger partial charge in [-0.25, -0.2) is 4.57 Å². The third kappa shape index (κ3) is 3.62. The predicted molar refractivity (Wildman–Crippen MR) is 77.0 cm³/mol. The van der Waals surface area contributed by atoms with Gasteiger partial charge in [0.1, 0.15) is 11.5 Å². The van der Waals surface area contributed by atoms with Crippen LogP contribution >= 0.6 is 7.60 Å². The van der Waals surface area contributed by atoms with E-state index in [4.69, 9.17) is 9.05 Å². The van der Waals surface area contributed by atoms with Crippen molar-refractivity contribution in [2.24, 2.45) is 0 Å². The molecule has 0 saturated heterocycles. The average molecular weight is 276 g/mol. The van der Waals surface area contributed by atoms with Gasteiger partial charge >= 0.3 is 7.60 Å². The molecule has 100 valence electrons. The number of benzene rings is 2. The molecule has 0 aromatic heterocycles. The third-order valence-electron chi connectivity index (χ3n) is 2.71. The Balaban J connectivity index is 2.19. The molecule has 0 bridgehead atoms. The number of hydrogen-bond acceptors (Lipinski definition) is 3. The van der Waals surface area contributed by atoms with E-state index in [2.05, 4.69) is 0 Å². The van der Waals surface area contributed by atoms with Gasteiger partial charge in [0.05, 0.1) is 6.16 Å². The number of hydrogen-bond donors (Lipinski definition) is 0. The van der Waals surface area contributed by atoms with Gasteiger partial charge < -0.3 is 9.05 Å². The molecule has 2 aromatic carbocycles. The molecule has 0 aliphatic carbocycles. The molecule has 0 aliphatic heterocycles. The van der Waals surface area contributed by atoms with Crippen molar-refractivity contribution in [1.82, 2.24) is 0 Å². The normalized spacial score (nSPS) is 13.6. The topological polar surface area (TPSA) is 35.5 Å². The molecule has 1 unspecified atom stereocenters. The maximum Gasteiger partial charge on any atom is 0.430 e. The van der Waals surface area contributed by atoms with Crippen LogP contribution in [0.5, 0.6) is 11.5 Å². The van der Waals surface area contributed by atoms with Gasteiger partial charge in [-0.15, -0.1) is 0 Å². The second-order valence-corrected chi connectivity index (χ2v) is 6.41. The van der Waals surface area contributed by atoms with Crippen molar-refractivity contribution in [3.8, 4) is 11.5 Å². The Morgan fingerprint density at radius 2 is 1.58 bits per heavy atom. The van der Waals surface area contributed by atoms with Gasteiger partial charge in [-0.1, -0.05) is 43.3 Å². The molecule has 0 N–H and O–H groups in total. The molecule has 4 heteroatoms. The van der Waals surface area contributed by atoms with Crippen LogP contribution in [0.2, 0.25) is 0 Å². The van der Waals surface area contributed by atoms with E-state index in [1.807, 2.05) is 43.3 Å². The first-order chi connectivity index (χ1) is 9.13. The number of aryl methyl sites for hydroxylation is 1. The summed E-state index contributed by atoms with van der Waals surface area (Å²) in [6.45, 7) is 3.71. The minimum Gasteiger partial charge on any atom is -0.416 e. The van der Waals surface area contributed by atoms with Crippen LogP contribution in [0.25, 0.3) is 0 Å². The highest BCUT2D eigenvalue weighted by Gasteiger charge is 2.25. The number of rotatable bonds is 5. The highest BCUT2D eigenvalue weighted by atomic mass is 31.2. The molecule has 0 amide bonds.